The van der Waals surface area contributed by atoms with Crippen LogP contribution in [-0.2, 0) is 4.74 Å². The molecule has 1 aliphatic rings. The Labute approximate surface area is 82.5 Å². The molecule has 0 amide bonds. The van der Waals surface area contributed by atoms with E-state index in [1.54, 1.807) is 0 Å². The normalized spacial score (nSPS) is 21.7. The number of ether oxygens (including phenoxy) is 1. The Hall–Kier alpha value is -0.0800. The summed E-state index contributed by atoms with van der Waals surface area (Å²) in [5, 5.41) is 0. The molecule has 1 heterocycles. The summed E-state index contributed by atoms with van der Waals surface area (Å²) in [4.78, 5) is 0. The van der Waals surface area contributed by atoms with E-state index in [2.05, 4.69) is 6.92 Å². The van der Waals surface area contributed by atoms with E-state index in [1.165, 1.54) is 56.3 Å². The second-order valence-electron chi connectivity index (χ2n) is 4.29. The molecule has 0 aromatic carbocycles. The zero-order chi connectivity index (χ0) is 9.57. The van der Waals surface area contributed by atoms with E-state index in [9.17, 15) is 0 Å². The monoisotopic (exact) mass is 186 g/mol. The summed E-state index contributed by atoms with van der Waals surface area (Å²) in [7, 11) is 1.81. The van der Waals surface area contributed by atoms with Crippen molar-refractivity contribution in [2.24, 2.45) is 0 Å². The first-order chi connectivity index (χ1) is 6.33. The van der Waals surface area contributed by atoms with Crippen LogP contribution in [0.1, 0.15) is 32.6 Å². The lowest BCUT2D eigenvalue weighted by molar-refractivity contribution is -0.932. The molecule has 0 aromatic rings. The first kappa shape index (κ1) is 11.0. The summed E-state index contributed by atoms with van der Waals surface area (Å²) < 4.78 is 6.52. The van der Waals surface area contributed by atoms with Crippen LogP contribution in [0.5, 0.6) is 0 Å². The van der Waals surface area contributed by atoms with Crippen molar-refractivity contribution in [3.63, 3.8) is 0 Å². The molecule has 0 saturated carbocycles. The quantitative estimate of drug-likeness (QED) is 0.597. The van der Waals surface area contributed by atoms with E-state index in [-0.39, 0.29) is 0 Å². The molecule has 0 aliphatic carbocycles. The molecule has 13 heavy (non-hydrogen) atoms. The van der Waals surface area contributed by atoms with Gasteiger partial charge in [0.05, 0.1) is 26.2 Å². The Morgan fingerprint density at radius 3 is 2.31 bits per heavy atom. The number of nitrogens with zero attached hydrogens (tertiary/aromatic N) is 1. The largest absolute Gasteiger partial charge is 0.379 e. The van der Waals surface area contributed by atoms with Crippen molar-refractivity contribution in [1.82, 2.24) is 0 Å². The summed E-state index contributed by atoms with van der Waals surface area (Å²) >= 11 is 0. The molecule has 2 heteroatoms. The summed E-state index contributed by atoms with van der Waals surface area (Å²) in [6, 6.07) is 0. The minimum Gasteiger partial charge on any atom is -0.379 e. The average Bonchev–Trinajstić information content (AvgIpc) is 2.17. The Kier molecular flexibility index (Phi) is 4.74. The van der Waals surface area contributed by atoms with Gasteiger partial charge in [-0.25, -0.2) is 0 Å². The molecule has 0 spiro atoms. The molecule has 1 rings (SSSR count). The summed E-state index contributed by atoms with van der Waals surface area (Å²) in [5.74, 6) is 0. The zero-order valence-corrected chi connectivity index (χ0v) is 9.22. The van der Waals surface area contributed by atoms with E-state index in [1.807, 2.05) is 7.11 Å². The minimum atomic E-state index is 0.931. The van der Waals surface area contributed by atoms with Gasteiger partial charge < -0.3 is 9.22 Å². The first-order valence-electron chi connectivity index (χ1n) is 5.67. The van der Waals surface area contributed by atoms with Gasteiger partial charge in [-0.3, -0.25) is 0 Å². The van der Waals surface area contributed by atoms with Crippen LogP contribution in [0.3, 0.4) is 0 Å². The van der Waals surface area contributed by atoms with E-state index in [0.29, 0.717) is 0 Å². The molecule has 0 bridgehead atoms. The van der Waals surface area contributed by atoms with Gasteiger partial charge in [0, 0.05) is 7.11 Å². The molecule has 1 saturated heterocycles. The Morgan fingerprint density at radius 2 is 1.77 bits per heavy atom. The lowest BCUT2D eigenvalue weighted by Crippen LogP contribution is -2.53. The van der Waals surface area contributed by atoms with Gasteiger partial charge in [-0.2, -0.15) is 0 Å². The number of likely N-dealkylation sites (tertiary alicyclic amines) is 1. The Bertz CT molecular complexity index is 125. The smallest absolute Gasteiger partial charge is 0.102 e. The number of methoxy groups -OCH3 is 1. The maximum atomic E-state index is 5.20. The van der Waals surface area contributed by atoms with Gasteiger partial charge in [-0.15, -0.1) is 0 Å². The van der Waals surface area contributed by atoms with Gasteiger partial charge in [-0.1, -0.05) is 6.92 Å². The molecule has 0 aromatic heterocycles. The molecule has 0 unspecified atom stereocenters. The third-order valence-corrected chi connectivity index (χ3v) is 3.23. The van der Waals surface area contributed by atoms with Gasteiger partial charge in [-0.05, 0) is 25.7 Å². The van der Waals surface area contributed by atoms with E-state index in [4.69, 9.17) is 4.74 Å². The van der Waals surface area contributed by atoms with Gasteiger partial charge in [0.25, 0.3) is 0 Å². The number of quaternary nitrogens is 1. The highest BCUT2D eigenvalue weighted by Crippen LogP contribution is 2.19. The van der Waals surface area contributed by atoms with Crippen LogP contribution in [0, 0.1) is 0 Å². The van der Waals surface area contributed by atoms with Crippen molar-refractivity contribution in [2.45, 2.75) is 32.6 Å². The standard InChI is InChI=1S/C11H24NO/c1-3-7-12(10-11-13-2)8-5-4-6-9-12/h3-11H2,1-2H3/q+1. The fourth-order valence-corrected chi connectivity index (χ4v) is 2.50. The third-order valence-electron chi connectivity index (χ3n) is 3.23. The van der Waals surface area contributed by atoms with Gasteiger partial charge >= 0.3 is 0 Å². The number of hydrogen-bond donors (Lipinski definition) is 0. The summed E-state index contributed by atoms with van der Waals surface area (Å²) in [5.41, 5.74) is 0. The van der Waals surface area contributed by atoms with Crippen LogP contribution in [0.25, 0.3) is 0 Å². The second-order valence-corrected chi connectivity index (χ2v) is 4.29. The maximum absolute atomic E-state index is 5.20. The van der Waals surface area contributed by atoms with Crippen LogP contribution >= 0.6 is 0 Å². The number of piperidine rings is 1. The highest BCUT2D eigenvalue weighted by molar-refractivity contribution is 4.54. The predicted octanol–water partition coefficient (Wildman–Crippen LogP) is 2.04. The number of rotatable bonds is 5. The molecule has 0 N–H and O–H groups in total. The van der Waals surface area contributed by atoms with Gasteiger partial charge in [0.1, 0.15) is 6.54 Å². The Balaban J connectivity index is 2.40. The van der Waals surface area contributed by atoms with Crippen molar-refractivity contribution < 1.29 is 9.22 Å². The van der Waals surface area contributed by atoms with E-state index < -0.39 is 0 Å². The van der Waals surface area contributed by atoms with E-state index in [0.717, 1.165) is 6.61 Å². The van der Waals surface area contributed by atoms with Gasteiger partial charge in [0.2, 0.25) is 0 Å². The van der Waals surface area contributed by atoms with Crippen molar-refractivity contribution in [3.8, 4) is 0 Å². The molecular weight excluding hydrogens is 162 g/mol. The van der Waals surface area contributed by atoms with Crippen LogP contribution in [-0.4, -0.2) is 44.4 Å². The summed E-state index contributed by atoms with van der Waals surface area (Å²) in [6.07, 6.45) is 5.59. The van der Waals surface area contributed by atoms with Crippen LogP contribution in [0.2, 0.25) is 0 Å². The van der Waals surface area contributed by atoms with Gasteiger partial charge in [0.15, 0.2) is 0 Å². The molecular formula is C11H24NO+. The molecule has 78 valence electrons. The van der Waals surface area contributed by atoms with Crippen molar-refractivity contribution >= 4 is 0 Å². The highest BCUT2D eigenvalue weighted by Gasteiger charge is 2.28. The van der Waals surface area contributed by atoms with Crippen LogP contribution < -0.4 is 0 Å². The predicted molar refractivity (Wildman–Crippen MR) is 55.7 cm³/mol. The lowest BCUT2D eigenvalue weighted by atomic mass is 10.1. The highest BCUT2D eigenvalue weighted by atomic mass is 16.5. The molecule has 2 nitrogen and oxygen atoms in total. The lowest BCUT2D eigenvalue weighted by Gasteiger charge is -2.41. The third kappa shape index (κ3) is 3.28. The van der Waals surface area contributed by atoms with Crippen LogP contribution in [0.15, 0.2) is 0 Å². The molecule has 1 fully saturated rings. The zero-order valence-electron chi connectivity index (χ0n) is 9.22. The second kappa shape index (κ2) is 5.61. The fraction of sp³-hybridized carbons (Fsp3) is 1.00. The SMILES string of the molecule is CCC[N+]1(CCOC)CCCCC1. The van der Waals surface area contributed by atoms with Crippen LogP contribution in [0.4, 0.5) is 0 Å². The Morgan fingerprint density at radius 1 is 1.08 bits per heavy atom. The maximum Gasteiger partial charge on any atom is 0.102 e. The van der Waals surface area contributed by atoms with Crippen molar-refractivity contribution in [3.05, 3.63) is 0 Å². The number of hydrogen-bond acceptors (Lipinski definition) is 1. The average molecular weight is 186 g/mol. The van der Waals surface area contributed by atoms with Crippen molar-refractivity contribution in [1.29, 1.82) is 0 Å². The van der Waals surface area contributed by atoms with E-state index >= 15 is 0 Å². The molecule has 0 radical (unpaired) electrons. The minimum absolute atomic E-state index is 0.931. The van der Waals surface area contributed by atoms with Crippen molar-refractivity contribution in [2.75, 3.05) is 39.9 Å². The fourth-order valence-electron chi connectivity index (χ4n) is 2.50. The molecule has 1 aliphatic heterocycles. The first-order valence-corrected chi connectivity index (χ1v) is 5.67. The topological polar surface area (TPSA) is 9.23 Å². The summed E-state index contributed by atoms with van der Waals surface area (Å²) in [6.45, 7) is 8.57. The molecule has 0 atom stereocenters.